The van der Waals surface area contributed by atoms with Gasteiger partial charge in [-0.3, -0.25) is 14.2 Å². The minimum atomic E-state index is -0.261. The topological polar surface area (TPSA) is 61.7 Å². The first-order valence-corrected chi connectivity index (χ1v) is 11.4. The van der Waals surface area contributed by atoms with Crippen LogP contribution in [0.15, 0.2) is 40.5 Å². The number of rotatable bonds is 6. The molecule has 0 saturated carbocycles. The Hall–Kier alpha value is -2.94. The first kappa shape index (κ1) is 21.3. The van der Waals surface area contributed by atoms with Crippen LogP contribution in [0.1, 0.15) is 13.8 Å². The summed E-state index contributed by atoms with van der Waals surface area (Å²) in [5, 5.41) is 1.85. The molecule has 0 N–H and O–H groups in total. The highest BCUT2D eigenvalue weighted by Gasteiger charge is 2.24. The van der Waals surface area contributed by atoms with E-state index in [0.717, 1.165) is 5.69 Å². The molecule has 0 atom stereocenters. The number of halogens is 1. The summed E-state index contributed by atoms with van der Waals surface area (Å²) in [6.45, 7) is 7.83. The van der Waals surface area contributed by atoms with Crippen LogP contribution >= 0.6 is 11.3 Å². The lowest BCUT2D eigenvalue weighted by atomic mass is 10.2. The van der Waals surface area contributed by atoms with E-state index in [9.17, 15) is 14.0 Å². The van der Waals surface area contributed by atoms with Crippen molar-refractivity contribution in [2.24, 2.45) is 0 Å². The average molecular weight is 444 g/mol. The molecule has 9 heteroatoms. The largest absolute Gasteiger partial charge is 0.368 e. The van der Waals surface area contributed by atoms with Crippen LogP contribution in [0.5, 0.6) is 0 Å². The smallest absolute Gasteiger partial charge is 0.273 e. The molecule has 0 radical (unpaired) electrons. The van der Waals surface area contributed by atoms with E-state index in [-0.39, 0.29) is 23.8 Å². The zero-order chi connectivity index (χ0) is 22.0. The van der Waals surface area contributed by atoms with Gasteiger partial charge in [0, 0.05) is 45.0 Å². The summed E-state index contributed by atoms with van der Waals surface area (Å²) < 4.78 is 15.3. The van der Waals surface area contributed by atoms with E-state index < -0.39 is 0 Å². The standard InChI is InChI=1S/C22H26FN5O2S/c1-3-25(4-2)22-24-18-9-14-31-20(18)21(30)28(22)15-19(29)27-12-10-26(11-13-27)17-7-5-16(23)6-8-17/h5-9,14H,3-4,10-13,15H2,1-2H3. The van der Waals surface area contributed by atoms with Crippen LogP contribution in [0.4, 0.5) is 16.0 Å². The second-order valence-electron chi connectivity index (χ2n) is 7.45. The Balaban J connectivity index is 1.52. The van der Waals surface area contributed by atoms with Gasteiger partial charge in [-0.05, 0) is 49.6 Å². The third kappa shape index (κ3) is 4.27. The predicted molar refractivity (Wildman–Crippen MR) is 123 cm³/mol. The normalized spacial score (nSPS) is 14.3. The fourth-order valence-corrected chi connectivity index (χ4v) is 4.70. The number of aromatic nitrogens is 2. The molecule has 31 heavy (non-hydrogen) atoms. The Bertz CT molecular complexity index is 1120. The summed E-state index contributed by atoms with van der Waals surface area (Å²) in [5.41, 5.74) is 1.45. The number of hydrogen-bond donors (Lipinski definition) is 0. The van der Waals surface area contributed by atoms with Gasteiger partial charge < -0.3 is 14.7 Å². The number of fused-ring (bicyclic) bond motifs is 1. The van der Waals surface area contributed by atoms with Crippen LogP contribution in [-0.2, 0) is 11.3 Å². The van der Waals surface area contributed by atoms with Gasteiger partial charge in [0.2, 0.25) is 11.9 Å². The highest BCUT2D eigenvalue weighted by Crippen LogP contribution is 2.20. The highest BCUT2D eigenvalue weighted by molar-refractivity contribution is 7.17. The molecular weight excluding hydrogens is 417 g/mol. The van der Waals surface area contributed by atoms with Crippen LogP contribution in [0.2, 0.25) is 0 Å². The maximum absolute atomic E-state index is 13.2. The van der Waals surface area contributed by atoms with Gasteiger partial charge >= 0.3 is 0 Å². The maximum atomic E-state index is 13.2. The zero-order valence-corrected chi connectivity index (χ0v) is 18.6. The van der Waals surface area contributed by atoms with E-state index in [4.69, 9.17) is 0 Å². The highest BCUT2D eigenvalue weighted by atomic mass is 32.1. The molecule has 164 valence electrons. The van der Waals surface area contributed by atoms with Crippen LogP contribution in [0.25, 0.3) is 10.2 Å². The third-order valence-corrected chi connectivity index (χ3v) is 6.60. The molecule has 1 aliphatic rings. The minimum absolute atomic E-state index is 0.0257. The van der Waals surface area contributed by atoms with Crippen LogP contribution in [-0.4, -0.2) is 59.6 Å². The van der Waals surface area contributed by atoms with Crippen LogP contribution in [0.3, 0.4) is 0 Å². The number of anilines is 2. The summed E-state index contributed by atoms with van der Waals surface area (Å²) >= 11 is 1.35. The van der Waals surface area contributed by atoms with Crippen molar-refractivity contribution in [3.05, 3.63) is 51.9 Å². The van der Waals surface area contributed by atoms with Gasteiger partial charge in [-0.2, -0.15) is 0 Å². The molecule has 7 nitrogen and oxygen atoms in total. The van der Waals surface area contributed by atoms with E-state index >= 15 is 0 Å². The number of carbonyl (C=O) groups is 1. The van der Waals surface area contributed by atoms with Crippen molar-refractivity contribution in [3.8, 4) is 0 Å². The summed E-state index contributed by atoms with van der Waals surface area (Å²) in [6.07, 6.45) is 0. The number of carbonyl (C=O) groups excluding carboxylic acids is 1. The lowest BCUT2D eigenvalue weighted by Gasteiger charge is -2.36. The van der Waals surface area contributed by atoms with Gasteiger partial charge in [0.15, 0.2) is 0 Å². The monoisotopic (exact) mass is 443 g/mol. The van der Waals surface area contributed by atoms with E-state index in [1.54, 1.807) is 17.0 Å². The lowest BCUT2D eigenvalue weighted by Crippen LogP contribution is -2.50. The molecule has 1 amide bonds. The fraction of sp³-hybridized carbons (Fsp3) is 0.409. The van der Waals surface area contributed by atoms with Gasteiger partial charge in [0.05, 0.1) is 5.52 Å². The molecule has 1 aromatic carbocycles. The summed E-state index contributed by atoms with van der Waals surface area (Å²) in [4.78, 5) is 36.8. The Morgan fingerprint density at radius 2 is 1.77 bits per heavy atom. The molecule has 1 saturated heterocycles. The number of benzene rings is 1. The van der Waals surface area contributed by atoms with Gasteiger partial charge in [0.25, 0.3) is 5.56 Å². The zero-order valence-electron chi connectivity index (χ0n) is 17.8. The second kappa shape index (κ2) is 9.05. The summed E-state index contributed by atoms with van der Waals surface area (Å²) in [6, 6.07) is 8.24. The fourth-order valence-electron chi connectivity index (χ4n) is 3.92. The minimum Gasteiger partial charge on any atom is -0.368 e. The van der Waals surface area contributed by atoms with Gasteiger partial charge in [-0.25, -0.2) is 9.37 Å². The molecule has 0 aliphatic carbocycles. The molecule has 3 heterocycles. The Kier molecular flexibility index (Phi) is 6.22. The average Bonchev–Trinajstić information content (AvgIpc) is 3.26. The molecule has 0 spiro atoms. The first-order valence-electron chi connectivity index (χ1n) is 10.5. The predicted octanol–water partition coefficient (Wildman–Crippen LogP) is 2.79. The molecule has 2 aromatic heterocycles. The van der Waals surface area contributed by atoms with Crippen molar-refractivity contribution < 1.29 is 9.18 Å². The van der Waals surface area contributed by atoms with Crippen molar-refractivity contribution >= 4 is 39.1 Å². The Morgan fingerprint density at radius 3 is 2.42 bits per heavy atom. The lowest BCUT2D eigenvalue weighted by molar-refractivity contribution is -0.132. The quantitative estimate of drug-likeness (QED) is 0.586. The number of hydrogen-bond acceptors (Lipinski definition) is 6. The van der Waals surface area contributed by atoms with Crippen LogP contribution < -0.4 is 15.4 Å². The van der Waals surface area contributed by atoms with Crippen molar-refractivity contribution in [1.82, 2.24) is 14.5 Å². The summed E-state index contributed by atoms with van der Waals surface area (Å²) in [5.74, 6) is 0.189. The number of nitrogens with zero attached hydrogens (tertiary/aromatic N) is 5. The van der Waals surface area contributed by atoms with E-state index in [2.05, 4.69) is 9.88 Å². The van der Waals surface area contributed by atoms with Gasteiger partial charge in [0.1, 0.15) is 17.1 Å². The number of amides is 1. The molecule has 4 rings (SSSR count). The Morgan fingerprint density at radius 1 is 1.10 bits per heavy atom. The SMILES string of the molecule is CCN(CC)c1nc2ccsc2c(=O)n1CC(=O)N1CCN(c2ccc(F)cc2)CC1. The van der Waals surface area contributed by atoms with E-state index in [0.29, 0.717) is 55.4 Å². The van der Waals surface area contributed by atoms with Crippen molar-refractivity contribution in [1.29, 1.82) is 0 Å². The molecule has 0 unspecified atom stereocenters. The molecule has 0 bridgehead atoms. The maximum Gasteiger partial charge on any atom is 0.273 e. The van der Waals surface area contributed by atoms with Crippen molar-refractivity contribution in [2.45, 2.75) is 20.4 Å². The Labute approximate surface area is 184 Å². The molecule has 1 aliphatic heterocycles. The van der Waals surface area contributed by atoms with E-state index in [1.807, 2.05) is 30.2 Å². The number of thiophene rings is 1. The second-order valence-corrected chi connectivity index (χ2v) is 8.37. The van der Waals surface area contributed by atoms with Crippen LogP contribution in [0, 0.1) is 5.82 Å². The molecular formula is C22H26FN5O2S. The van der Waals surface area contributed by atoms with Gasteiger partial charge in [-0.15, -0.1) is 11.3 Å². The summed E-state index contributed by atoms with van der Waals surface area (Å²) in [7, 11) is 0. The molecule has 3 aromatic rings. The van der Waals surface area contributed by atoms with Crippen molar-refractivity contribution in [2.75, 3.05) is 49.1 Å². The van der Waals surface area contributed by atoms with Gasteiger partial charge in [-0.1, -0.05) is 0 Å². The third-order valence-electron chi connectivity index (χ3n) is 5.71. The van der Waals surface area contributed by atoms with Crippen molar-refractivity contribution in [3.63, 3.8) is 0 Å². The molecule has 1 fully saturated rings. The van der Waals surface area contributed by atoms with E-state index in [1.165, 1.54) is 28.0 Å². The number of piperazine rings is 1. The first-order chi connectivity index (χ1) is 15.0.